The highest BCUT2D eigenvalue weighted by Crippen LogP contribution is 2.34. The first-order valence-corrected chi connectivity index (χ1v) is 12.3. The number of ether oxygens (including phenoxy) is 1. The minimum atomic E-state index is -4.53. The van der Waals surface area contributed by atoms with Gasteiger partial charge in [-0.15, -0.1) is 0 Å². The fraction of sp³-hybridized carbons (Fsp3) is 0.160. The van der Waals surface area contributed by atoms with E-state index in [2.05, 4.69) is 32.8 Å². The summed E-state index contributed by atoms with van der Waals surface area (Å²) < 4.78 is 44.1. The molecule has 0 atom stereocenters. The Bertz CT molecular complexity index is 1360. The van der Waals surface area contributed by atoms with Gasteiger partial charge in [0.15, 0.2) is 5.13 Å². The van der Waals surface area contributed by atoms with Gasteiger partial charge in [0.1, 0.15) is 5.75 Å². The predicted molar refractivity (Wildman–Crippen MR) is 140 cm³/mol. The summed E-state index contributed by atoms with van der Waals surface area (Å²) in [6.45, 7) is 2.97. The van der Waals surface area contributed by atoms with E-state index in [1.807, 2.05) is 30.5 Å². The van der Waals surface area contributed by atoms with Crippen LogP contribution in [-0.2, 0) is 6.18 Å². The molecule has 192 valence electrons. The summed E-state index contributed by atoms with van der Waals surface area (Å²) in [7, 11) is 0. The van der Waals surface area contributed by atoms with E-state index in [9.17, 15) is 18.0 Å². The van der Waals surface area contributed by atoms with Crippen molar-refractivity contribution < 1.29 is 22.7 Å². The zero-order valence-electron chi connectivity index (χ0n) is 19.4. The van der Waals surface area contributed by atoms with Gasteiger partial charge in [-0.05, 0) is 60.5 Å². The van der Waals surface area contributed by atoms with E-state index in [1.165, 1.54) is 6.20 Å². The van der Waals surface area contributed by atoms with Crippen LogP contribution >= 0.6 is 22.9 Å². The molecule has 0 aliphatic heterocycles. The molecule has 2 aromatic heterocycles. The second-order valence-electron chi connectivity index (χ2n) is 7.74. The Morgan fingerprint density at radius 3 is 2.46 bits per heavy atom. The molecule has 7 nitrogen and oxygen atoms in total. The second kappa shape index (κ2) is 11.5. The van der Waals surface area contributed by atoms with Crippen molar-refractivity contribution >= 4 is 45.5 Å². The second-order valence-corrected chi connectivity index (χ2v) is 9.18. The average Bonchev–Trinajstić information content (AvgIpc) is 3.34. The minimum absolute atomic E-state index is 0.0373. The smallest absolute Gasteiger partial charge is 0.416 e. The van der Waals surface area contributed by atoms with Crippen molar-refractivity contribution in [2.24, 2.45) is 0 Å². The lowest BCUT2D eigenvalue weighted by Gasteiger charge is -2.12. The third-order valence-electron chi connectivity index (χ3n) is 4.93. The summed E-state index contributed by atoms with van der Waals surface area (Å²) in [6, 6.07) is 12.6. The van der Waals surface area contributed by atoms with Crippen LogP contribution in [0.15, 0.2) is 67.0 Å². The Balaban J connectivity index is 1.32. The van der Waals surface area contributed by atoms with Crippen LogP contribution in [0.2, 0.25) is 5.02 Å². The monoisotopic (exact) mass is 547 g/mol. The summed E-state index contributed by atoms with van der Waals surface area (Å²) in [6.07, 6.45) is -0.288. The fourth-order valence-corrected chi connectivity index (χ4v) is 4.20. The van der Waals surface area contributed by atoms with Gasteiger partial charge < -0.3 is 20.7 Å². The number of nitrogens with zero attached hydrogens (tertiary/aromatic N) is 2. The molecule has 2 amide bonds. The zero-order valence-corrected chi connectivity index (χ0v) is 21.0. The van der Waals surface area contributed by atoms with Crippen molar-refractivity contribution in [2.75, 3.05) is 22.5 Å². The van der Waals surface area contributed by atoms with E-state index in [0.29, 0.717) is 17.3 Å². The Morgan fingerprint density at radius 2 is 1.81 bits per heavy atom. The van der Waals surface area contributed by atoms with Crippen molar-refractivity contribution in [1.82, 2.24) is 9.97 Å². The van der Waals surface area contributed by atoms with Crippen LogP contribution in [0.5, 0.6) is 11.6 Å². The van der Waals surface area contributed by atoms with Crippen LogP contribution < -0.4 is 20.7 Å². The average molecular weight is 548 g/mol. The lowest BCUT2D eigenvalue weighted by atomic mass is 10.2. The summed E-state index contributed by atoms with van der Waals surface area (Å²) in [4.78, 5) is 21.8. The first-order valence-electron chi connectivity index (χ1n) is 11.1. The summed E-state index contributed by atoms with van der Waals surface area (Å²) >= 11 is 7.44. The van der Waals surface area contributed by atoms with Gasteiger partial charge in [-0.1, -0.05) is 29.9 Å². The Hall–Kier alpha value is -3.83. The Morgan fingerprint density at radius 1 is 1.03 bits per heavy atom. The molecule has 0 unspecified atom stereocenters. The number of carbonyl (C=O) groups excluding carboxylic acids is 1. The zero-order chi connectivity index (χ0) is 26.4. The van der Waals surface area contributed by atoms with Gasteiger partial charge in [0.2, 0.25) is 5.88 Å². The predicted octanol–water partition coefficient (Wildman–Crippen LogP) is 8.14. The highest BCUT2D eigenvalue weighted by Gasteiger charge is 2.31. The van der Waals surface area contributed by atoms with Gasteiger partial charge in [0.25, 0.3) is 0 Å². The largest absolute Gasteiger partial charge is 0.439 e. The molecule has 0 bridgehead atoms. The first-order chi connectivity index (χ1) is 17.7. The number of urea groups is 1. The molecular weight excluding hydrogens is 527 g/mol. The number of nitrogens with one attached hydrogen (secondary N) is 3. The van der Waals surface area contributed by atoms with E-state index in [0.717, 1.165) is 46.7 Å². The van der Waals surface area contributed by atoms with E-state index in [-0.39, 0.29) is 10.7 Å². The van der Waals surface area contributed by atoms with Crippen LogP contribution in [0, 0.1) is 0 Å². The fourth-order valence-electron chi connectivity index (χ4n) is 3.12. The summed E-state index contributed by atoms with van der Waals surface area (Å²) in [5.74, 6) is 0.897. The number of halogens is 4. The van der Waals surface area contributed by atoms with E-state index >= 15 is 0 Å². The molecule has 37 heavy (non-hydrogen) atoms. The lowest BCUT2D eigenvalue weighted by molar-refractivity contribution is -0.137. The van der Waals surface area contributed by atoms with Crippen LogP contribution in [0.1, 0.15) is 18.9 Å². The van der Waals surface area contributed by atoms with Crippen molar-refractivity contribution in [3.05, 3.63) is 77.6 Å². The molecule has 0 aliphatic rings. The van der Waals surface area contributed by atoms with Gasteiger partial charge in [-0.25, -0.2) is 14.8 Å². The van der Waals surface area contributed by atoms with Crippen molar-refractivity contribution in [1.29, 1.82) is 0 Å². The lowest BCUT2D eigenvalue weighted by Crippen LogP contribution is -2.20. The number of pyridine rings is 1. The Kier molecular flexibility index (Phi) is 8.14. The highest BCUT2D eigenvalue weighted by atomic mass is 35.5. The topological polar surface area (TPSA) is 88.2 Å². The van der Waals surface area contributed by atoms with Gasteiger partial charge in [0, 0.05) is 18.8 Å². The van der Waals surface area contributed by atoms with Gasteiger partial charge >= 0.3 is 12.2 Å². The van der Waals surface area contributed by atoms with Gasteiger partial charge in [-0.2, -0.15) is 13.2 Å². The van der Waals surface area contributed by atoms with Crippen molar-refractivity contribution in [3.63, 3.8) is 0 Å². The number of hydrogen-bond donors (Lipinski definition) is 3. The number of aromatic nitrogens is 2. The van der Waals surface area contributed by atoms with Crippen LogP contribution in [0.25, 0.3) is 10.4 Å². The number of benzene rings is 2. The molecule has 0 saturated carbocycles. The molecule has 4 aromatic rings. The quantitative estimate of drug-likeness (QED) is 0.207. The maximum absolute atomic E-state index is 12.8. The Labute approximate surface area is 219 Å². The standard InChI is InChI=1S/C25H21ClF3N5O2S/c1-2-11-30-24-32-14-21(37-24)15-3-7-18(8-4-15)36-22-10-6-17(13-31-22)33-23(35)34-20-9-5-16(12-19(20)26)25(27,28)29/h3-10,12-14H,2,11H2,1H3,(H,30,32)(H2,33,34,35). The third-order valence-corrected chi connectivity index (χ3v) is 6.25. The maximum Gasteiger partial charge on any atom is 0.416 e. The van der Waals surface area contributed by atoms with E-state index in [1.54, 1.807) is 23.5 Å². The molecule has 3 N–H and O–H groups in total. The molecule has 0 saturated heterocycles. The molecule has 0 aliphatic carbocycles. The molecule has 4 rings (SSSR count). The number of amides is 2. The normalized spacial score (nSPS) is 11.2. The number of carbonyl (C=O) groups is 1. The number of rotatable bonds is 8. The number of alkyl halides is 3. The molecular formula is C25H21ClF3N5O2S. The van der Waals surface area contributed by atoms with Crippen molar-refractivity contribution in [3.8, 4) is 22.1 Å². The summed E-state index contributed by atoms with van der Waals surface area (Å²) in [5, 5.41) is 8.85. The molecule has 2 aromatic carbocycles. The number of hydrogen-bond acceptors (Lipinski definition) is 6. The first kappa shape index (κ1) is 26.2. The molecule has 12 heteroatoms. The van der Waals surface area contributed by atoms with Gasteiger partial charge in [0.05, 0.1) is 33.0 Å². The number of anilines is 3. The molecule has 0 radical (unpaired) electrons. The van der Waals surface area contributed by atoms with Crippen LogP contribution in [-0.4, -0.2) is 22.5 Å². The van der Waals surface area contributed by atoms with Crippen molar-refractivity contribution in [2.45, 2.75) is 19.5 Å². The summed E-state index contributed by atoms with van der Waals surface area (Å²) in [5.41, 5.74) is 0.493. The van der Waals surface area contributed by atoms with E-state index in [4.69, 9.17) is 16.3 Å². The third kappa shape index (κ3) is 7.11. The highest BCUT2D eigenvalue weighted by molar-refractivity contribution is 7.18. The van der Waals surface area contributed by atoms with E-state index < -0.39 is 17.8 Å². The maximum atomic E-state index is 12.8. The van der Waals surface area contributed by atoms with Crippen LogP contribution in [0.3, 0.4) is 0 Å². The number of thiazole rings is 1. The molecule has 0 spiro atoms. The molecule has 0 fully saturated rings. The van der Waals surface area contributed by atoms with Gasteiger partial charge in [-0.3, -0.25) is 0 Å². The SMILES string of the molecule is CCCNc1ncc(-c2ccc(Oc3ccc(NC(=O)Nc4ccc(C(F)(F)F)cc4Cl)cn3)cc2)s1. The molecule has 2 heterocycles. The minimum Gasteiger partial charge on any atom is -0.439 e. The van der Waals surface area contributed by atoms with Crippen LogP contribution in [0.4, 0.5) is 34.5 Å².